The van der Waals surface area contributed by atoms with E-state index in [2.05, 4.69) is 25.7 Å². The van der Waals surface area contributed by atoms with Gasteiger partial charge < -0.3 is 10.6 Å². The number of halogens is 1. The van der Waals surface area contributed by atoms with E-state index in [1.54, 1.807) is 0 Å². The molecule has 1 amide bonds. The van der Waals surface area contributed by atoms with Crippen LogP contribution in [0.5, 0.6) is 0 Å². The molecule has 18 heavy (non-hydrogen) atoms. The second kappa shape index (κ2) is 7.97. The molecule has 0 atom stereocenters. The van der Waals surface area contributed by atoms with Crippen LogP contribution in [-0.2, 0) is 4.79 Å². The van der Waals surface area contributed by atoms with Gasteiger partial charge >= 0.3 is 0 Å². The first kappa shape index (κ1) is 17.7. The van der Waals surface area contributed by atoms with Gasteiger partial charge in [-0.1, -0.05) is 20.8 Å². The molecule has 1 aliphatic rings. The van der Waals surface area contributed by atoms with Gasteiger partial charge in [-0.25, -0.2) is 0 Å². The Hall–Kier alpha value is -0.320. The molecule has 0 spiro atoms. The number of carbonyl (C=O) groups excluding carboxylic acids is 1. The molecule has 1 aliphatic heterocycles. The van der Waals surface area contributed by atoms with Crippen LogP contribution in [0.4, 0.5) is 0 Å². The second-order valence-electron chi connectivity index (χ2n) is 6.07. The largest absolute Gasteiger partial charge is 0.340 e. The average Bonchev–Trinajstić information content (AvgIpc) is 2.26. The molecular formula is C13H28ClN3O. The van der Waals surface area contributed by atoms with Crippen molar-refractivity contribution in [3.05, 3.63) is 0 Å². The first-order valence-corrected chi connectivity index (χ1v) is 6.62. The molecule has 0 bridgehead atoms. The Bertz CT molecular complexity index is 245. The third-order valence-electron chi connectivity index (χ3n) is 3.26. The normalized spacial score (nSPS) is 17.4. The summed E-state index contributed by atoms with van der Waals surface area (Å²) >= 11 is 0. The lowest BCUT2D eigenvalue weighted by molar-refractivity contribution is -0.132. The van der Waals surface area contributed by atoms with Crippen molar-refractivity contribution in [2.24, 2.45) is 11.1 Å². The maximum atomic E-state index is 11.6. The smallest absolute Gasteiger partial charge is 0.223 e. The molecule has 0 aromatic rings. The Morgan fingerprint density at radius 3 is 2.17 bits per heavy atom. The molecule has 4 nitrogen and oxygen atoms in total. The lowest BCUT2D eigenvalue weighted by Crippen LogP contribution is -2.49. The molecule has 1 saturated heterocycles. The maximum Gasteiger partial charge on any atom is 0.223 e. The quantitative estimate of drug-likeness (QED) is 0.844. The summed E-state index contributed by atoms with van der Waals surface area (Å²) in [5, 5.41) is 0. The number of carbonyl (C=O) groups is 1. The van der Waals surface area contributed by atoms with Gasteiger partial charge in [-0.05, 0) is 18.4 Å². The Morgan fingerprint density at radius 1 is 1.17 bits per heavy atom. The highest BCUT2D eigenvalue weighted by Crippen LogP contribution is 2.19. The third kappa shape index (κ3) is 6.57. The molecule has 5 heteroatoms. The van der Waals surface area contributed by atoms with Crippen LogP contribution in [0, 0.1) is 5.41 Å². The summed E-state index contributed by atoms with van der Waals surface area (Å²) < 4.78 is 0. The van der Waals surface area contributed by atoms with E-state index in [0.29, 0.717) is 18.4 Å². The van der Waals surface area contributed by atoms with Crippen molar-refractivity contribution < 1.29 is 4.79 Å². The third-order valence-corrected chi connectivity index (χ3v) is 3.26. The zero-order valence-corrected chi connectivity index (χ0v) is 12.8. The van der Waals surface area contributed by atoms with Crippen molar-refractivity contribution in [1.82, 2.24) is 9.80 Å². The van der Waals surface area contributed by atoms with Gasteiger partial charge in [0.1, 0.15) is 0 Å². The molecule has 0 aromatic carbocycles. The van der Waals surface area contributed by atoms with Gasteiger partial charge in [0, 0.05) is 39.1 Å². The lowest BCUT2D eigenvalue weighted by Gasteiger charge is -2.36. The Balaban J connectivity index is 0.00000289. The Labute approximate surface area is 117 Å². The number of amides is 1. The molecule has 0 unspecified atom stereocenters. The molecule has 0 radical (unpaired) electrons. The van der Waals surface area contributed by atoms with E-state index < -0.39 is 0 Å². The second-order valence-corrected chi connectivity index (χ2v) is 6.07. The SMILES string of the molecule is CC(C)(C)CCN1CCN(C(=O)CCN)CC1.Cl. The van der Waals surface area contributed by atoms with Gasteiger partial charge in [0.25, 0.3) is 0 Å². The van der Waals surface area contributed by atoms with Crippen LogP contribution in [-0.4, -0.2) is 55.0 Å². The molecule has 1 fully saturated rings. The highest BCUT2D eigenvalue weighted by atomic mass is 35.5. The predicted molar refractivity (Wildman–Crippen MR) is 78.0 cm³/mol. The summed E-state index contributed by atoms with van der Waals surface area (Å²) in [6.07, 6.45) is 1.70. The highest BCUT2D eigenvalue weighted by molar-refractivity contribution is 5.85. The number of hydrogen-bond acceptors (Lipinski definition) is 3. The van der Waals surface area contributed by atoms with Crippen LogP contribution in [0.25, 0.3) is 0 Å². The van der Waals surface area contributed by atoms with E-state index in [-0.39, 0.29) is 18.3 Å². The highest BCUT2D eigenvalue weighted by Gasteiger charge is 2.21. The summed E-state index contributed by atoms with van der Waals surface area (Å²) in [4.78, 5) is 16.1. The molecule has 108 valence electrons. The predicted octanol–water partition coefficient (Wildman–Crippen LogP) is 1.34. The first-order valence-electron chi connectivity index (χ1n) is 6.62. The van der Waals surface area contributed by atoms with Crippen molar-refractivity contribution in [2.45, 2.75) is 33.6 Å². The molecule has 0 saturated carbocycles. The van der Waals surface area contributed by atoms with Gasteiger partial charge in [-0.15, -0.1) is 12.4 Å². The zero-order valence-electron chi connectivity index (χ0n) is 11.9. The fourth-order valence-electron chi connectivity index (χ4n) is 2.00. The topological polar surface area (TPSA) is 49.6 Å². The van der Waals surface area contributed by atoms with Crippen molar-refractivity contribution in [3.63, 3.8) is 0 Å². The lowest BCUT2D eigenvalue weighted by atomic mass is 9.92. The van der Waals surface area contributed by atoms with Crippen molar-refractivity contribution >= 4 is 18.3 Å². The molecule has 0 aromatic heterocycles. The Kier molecular flexibility index (Phi) is 7.83. The summed E-state index contributed by atoms with van der Waals surface area (Å²) in [5.41, 5.74) is 5.80. The van der Waals surface area contributed by atoms with Crippen molar-refractivity contribution in [2.75, 3.05) is 39.3 Å². The minimum atomic E-state index is 0. The maximum absolute atomic E-state index is 11.6. The number of piperazine rings is 1. The summed E-state index contributed by atoms with van der Waals surface area (Å²) in [5.74, 6) is 0.211. The van der Waals surface area contributed by atoms with E-state index in [1.807, 2.05) is 4.90 Å². The van der Waals surface area contributed by atoms with Crippen LogP contribution in [0.1, 0.15) is 33.6 Å². The summed E-state index contributed by atoms with van der Waals surface area (Å²) in [6, 6.07) is 0. The monoisotopic (exact) mass is 277 g/mol. The molecule has 1 heterocycles. The van der Waals surface area contributed by atoms with E-state index in [9.17, 15) is 4.79 Å². The van der Waals surface area contributed by atoms with Crippen LogP contribution in [0.2, 0.25) is 0 Å². The molecule has 0 aliphatic carbocycles. The van der Waals surface area contributed by atoms with Crippen LogP contribution < -0.4 is 5.73 Å². The number of rotatable bonds is 4. The molecular weight excluding hydrogens is 250 g/mol. The average molecular weight is 278 g/mol. The van der Waals surface area contributed by atoms with Gasteiger partial charge in [0.05, 0.1) is 0 Å². The molecule has 1 rings (SSSR count). The molecule has 2 N–H and O–H groups in total. The summed E-state index contributed by atoms with van der Waals surface area (Å²) in [7, 11) is 0. The fraction of sp³-hybridized carbons (Fsp3) is 0.923. The number of nitrogens with zero attached hydrogens (tertiary/aromatic N) is 2. The van der Waals surface area contributed by atoms with Gasteiger partial charge in [0.2, 0.25) is 5.91 Å². The van der Waals surface area contributed by atoms with Crippen molar-refractivity contribution in [1.29, 1.82) is 0 Å². The Morgan fingerprint density at radius 2 is 1.72 bits per heavy atom. The van der Waals surface area contributed by atoms with E-state index >= 15 is 0 Å². The standard InChI is InChI=1S/C13H27N3O.ClH/c1-13(2,3)5-7-15-8-10-16(11-9-15)12(17)4-6-14;/h4-11,14H2,1-3H3;1H. The van der Waals surface area contributed by atoms with E-state index in [0.717, 1.165) is 32.7 Å². The van der Waals surface area contributed by atoms with Gasteiger partial charge in [-0.3, -0.25) is 9.69 Å². The van der Waals surface area contributed by atoms with Gasteiger partial charge in [-0.2, -0.15) is 0 Å². The van der Waals surface area contributed by atoms with E-state index in [4.69, 9.17) is 5.73 Å². The first-order chi connectivity index (χ1) is 7.92. The number of nitrogens with two attached hydrogens (primary N) is 1. The minimum Gasteiger partial charge on any atom is -0.340 e. The van der Waals surface area contributed by atoms with Crippen LogP contribution in [0.15, 0.2) is 0 Å². The van der Waals surface area contributed by atoms with Gasteiger partial charge in [0.15, 0.2) is 0 Å². The zero-order chi connectivity index (χ0) is 12.9. The fourth-order valence-corrected chi connectivity index (χ4v) is 2.00. The van der Waals surface area contributed by atoms with Crippen molar-refractivity contribution in [3.8, 4) is 0 Å². The summed E-state index contributed by atoms with van der Waals surface area (Å²) in [6.45, 7) is 12.2. The number of hydrogen-bond donors (Lipinski definition) is 1. The van der Waals surface area contributed by atoms with Crippen LogP contribution in [0.3, 0.4) is 0 Å². The van der Waals surface area contributed by atoms with Crippen LogP contribution >= 0.6 is 12.4 Å². The van der Waals surface area contributed by atoms with E-state index in [1.165, 1.54) is 6.42 Å². The minimum absolute atomic E-state index is 0.